The van der Waals surface area contributed by atoms with Gasteiger partial charge in [0, 0.05) is 55.5 Å². The van der Waals surface area contributed by atoms with Crippen molar-refractivity contribution in [2.24, 2.45) is 0 Å². The molecular weight excluding hydrogens is 160 g/mol. The molecule has 0 spiro atoms. The standard InChI is InChI=1S/C7H16N2OS/c1-11(10)7-6-9-4-2-8-3-5-9/h8H,2-7H2,1H3/t11-/m0/s1. The zero-order valence-electron chi connectivity index (χ0n) is 7.01. The maximum Gasteiger partial charge on any atom is 0.0359 e. The minimum Gasteiger partial charge on any atom is -0.314 e. The van der Waals surface area contributed by atoms with Gasteiger partial charge < -0.3 is 5.32 Å². The van der Waals surface area contributed by atoms with Crippen LogP contribution in [0.1, 0.15) is 0 Å². The first kappa shape index (κ1) is 9.16. The second-order valence-corrected chi connectivity index (χ2v) is 4.42. The third-order valence-electron chi connectivity index (χ3n) is 1.90. The summed E-state index contributed by atoms with van der Waals surface area (Å²) in [6, 6.07) is 0. The molecule has 1 aliphatic heterocycles. The minimum atomic E-state index is -0.629. The van der Waals surface area contributed by atoms with Crippen molar-refractivity contribution in [2.75, 3.05) is 44.7 Å². The summed E-state index contributed by atoms with van der Waals surface area (Å²) in [5.74, 6) is 0.819. The highest BCUT2D eigenvalue weighted by atomic mass is 32.2. The molecule has 1 N–H and O–H groups in total. The second-order valence-electron chi connectivity index (χ2n) is 2.87. The van der Waals surface area contributed by atoms with Gasteiger partial charge >= 0.3 is 0 Å². The largest absolute Gasteiger partial charge is 0.314 e. The number of nitrogens with one attached hydrogen (secondary N) is 1. The van der Waals surface area contributed by atoms with Gasteiger partial charge in [0.05, 0.1) is 0 Å². The molecule has 1 heterocycles. The average molecular weight is 176 g/mol. The van der Waals surface area contributed by atoms with Crippen molar-refractivity contribution in [1.82, 2.24) is 10.2 Å². The number of rotatable bonds is 3. The summed E-state index contributed by atoms with van der Waals surface area (Å²) in [4.78, 5) is 2.36. The molecule has 1 aliphatic rings. The maximum atomic E-state index is 10.8. The molecular formula is C7H16N2OS. The average Bonchev–Trinajstić information content (AvgIpc) is 2.03. The lowest BCUT2D eigenvalue weighted by Crippen LogP contribution is -2.44. The predicted molar refractivity (Wildman–Crippen MR) is 48.2 cm³/mol. The molecule has 66 valence electrons. The van der Waals surface area contributed by atoms with Crippen LogP contribution in [0, 0.1) is 0 Å². The third kappa shape index (κ3) is 3.84. The van der Waals surface area contributed by atoms with Gasteiger partial charge in [0.1, 0.15) is 0 Å². The van der Waals surface area contributed by atoms with Crippen LogP contribution in [-0.2, 0) is 10.8 Å². The Morgan fingerprint density at radius 1 is 1.45 bits per heavy atom. The van der Waals surface area contributed by atoms with Crippen molar-refractivity contribution in [3.05, 3.63) is 0 Å². The number of piperazine rings is 1. The van der Waals surface area contributed by atoms with E-state index in [0.29, 0.717) is 0 Å². The smallest absolute Gasteiger partial charge is 0.0359 e. The van der Waals surface area contributed by atoms with E-state index in [2.05, 4.69) is 10.2 Å². The molecule has 0 aromatic heterocycles. The lowest BCUT2D eigenvalue weighted by atomic mass is 10.4. The summed E-state index contributed by atoms with van der Waals surface area (Å²) in [6.07, 6.45) is 1.77. The van der Waals surface area contributed by atoms with Crippen LogP contribution in [0.4, 0.5) is 0 Å². The maximum absolute atomic E-state index is 10.8. The molecule has 0 aliphatic carbocycles. The van der Waals surface area contributed by atoms with E-state index >= 15 is 0 Å². The first-order chi connectivity index (χ1) is 5.29. The van der Waals surface area contributed by atoms with E-state index in [1.54, 1.807) is 6.26 Å². The normalized spacial score (nSPS) is 23.4. The van der Waals surface area contributed by atoms with Gasteiger partial charge in [0.15, 0.2) is 0 Å². The molecule has 0 aromatic carbocycles. The van der Waals surface area contributed by atoms with Crippen molar-refractivity contribution in [2.45, 2.75) is 0 Å². The lowest BCUT2D eigenvalue weighted by molar-refractivity contribution is 0.254. The Balaban J connectivity index is 2.09. The molecule has 1 fully saturated rings. The minimum absolute atomic E-state index is 0.629. The van der Waals surface area contributed by atoms with E-state index in [1.165, 1.54) is 0 Å². The van der Waals surface area contributed by atoms with Crippen molar-refractivity contribution >= 4 is 10.8 Å². The van der Waals surface area contributed by atoms with E-state index in [1.807, 2.05) is 0 Å². The van der Waals surface area contributed by atoms with E-state index in [0.717, 1.165) is 38.5 Å². The van der Waals surface area contributed by atoms with Crippen molar-refractivity contribution in [3.8, 4) is 0 Å². The summed E-state index contributed by atoms with van der Waals surface area (Å²) in [6.45, 7) is 5.37. The molecule has 3 nitrogen and oxygen atoms in total. The summed E-state index contributed by atoms with van der Waals surface area (Å²) in [5, 5.41) is 3.28. The highest BCUT2D eigenvalue weighted by molar-refractivity contribution is 7.84. The van der Waals surface area contributed by atoms with Gasteiger partial charge in [0.2, 0.25) is 0 Å². The van der Waals surface area contributed by atoms with Gasteiger partial charge in [-0.05, 0) is 0 Å². The van der Waals surface area contributed by atoms with E-state index in [4.69, 9.17) is 0 Å². The topological polar surface area (TPSA) is 32.3 Å². The molecule has 1 atom stereocenters. The highest BCUT2D eigenvalue weighted by Crippen LogP contribution is 1.91. The Labute approximate surface area is 70.6 Å². The number of hydrogen-bond acceptors (Lipinski definition) is 3. The fourth-order valence-electron chi connectivity index (χ4n) is 1.19. The third-order valence-corrected chi connectivity index (χ3v) is 2.66. The summed E-state index contributed by atoms with van der Waals surface area (Å²) in [7, 11) is -0.629. The van der Waals surface area contributed by atoms with Crippen LogP contribution < -0.4 is 5.32 Å². The first-order valence-electron chi connectivity index (χ1n) is 4.02. The Bertz CT molecular complexity index is 134. The fraction of sp³-hybridized carbons (Fsp3) is 1.00. The van der Waals surface area contributed by atoms with Gasteiger partial charge in [-0.1, -0.05) is 0 Å². The van der Waals surface area contributed by atoms with Crippen LogP contribution in [0.5, 0.6) is 0 Å². The molecule has 11 heavy (non-hydrogen) atoms. The monoisotopic (exact) mass is 176 g/mol. The molecule has 0 bridgehead atoms. The second kappa shape index (κ2) is 4.85. The quantitative estimate of drug-likeness (QED) is 0.615. The first-order valence-corrected chi connectivity index (χ1v) is 5.75. The van der Waals surface area contributed by atoms with E-state index in [9.17, 15) is 4.21 Å². The molecule has 4 heteroatoms. The van der Waals surface area contributed by atoms with Crippen LogP contribution >= 0.6 is 0 Å². The predicted octanol–water partition coefficient (Wildman–Crippen LogP) is -0.730. The van der Waals surface area contributed by atoms with Crippen LogP contribution in [0.25, 0.3) is 0 Å². The molecule has 0 unspecified atom stereocenters. The van der Waals surface area contributed by atoms with Gasteiger partial charge in [0.25, 0.3) is 0 Å². The number of nitrogens with zero attached hydrogens (tertiary/aromatic N) is 1. The fourth-order valence-corrected chi connectivity index (χ4v) is 1.71. The van der Waals surface area contributed by atoms with Gasteiger partial charge in [-0.25, -0.2) is 0 Å². The number of hydrogen-bond donors (Lipinski definition) is 1. The van der Waals surface area contributed by atoms with Gasteiger partial charge in [-0.2, -0.15) is 0 Å². The molecule has 0 aromatic rings. The van der Waals surface area contributed by atoms with E-state index in [-0.39, 0.29) is 0 Å². The van der Waals surface area contributed by atoms with Gasteiger partial charge in [-0.3, -0.25) is 9.11 Å². The lowest BCUT2D eigenvalue weighted by Gasteiger charge is -2.26. The summed E-state index contributed by atoms with van der Waals surface area (Å²) in [5.41, 5.74) is 0. The van der Waals surface area contributed by atoms with Crippen molar-refractivity contribution in [3.63, 3.8) is 0 Å². The molecule has 0 radical (unpaired) electrons. The summed E-state index contributed by atoms with van der Waals surface area (Å²) < 4.78 is 10.8. The van der Waals surface area contributed by atoms with Crippen molar-refractivity contribution in [1.29, 1.82) is 0 Å². The van der Waals surface area contributed by atoms with Gasteiger partial charge in [-0.15, -0.1) is 0 Å². The Kier molecular flexibility index (Phi) is 4.04. The SMILES string of the molecule is C[S@](=O)CCN1CCNCC1. The Hall–Kier alpha value is 0.0700. The Morgan fingerprint density at radius 3 is 2.64 bits per heavy atom. The van der Waals surface area contributed by atoms with E-state index < -0.39 is 10.8 Å². The van der Waals surface area contributed by atoms with Crippen LogP contribution in [-0.4, -0.2) is 53.8 Å². The molecule has 1 saturated heterocycles. The van der Waals surface area contributed by atoms with Crippen LogP contribution in [0.3, 0.4) is 0 Å². The summed E-state index contributed by atoms with van der Waals surface area (Å²) >= 11 is 0. The highest BCUT2D eigenvalue weighted by Gasteiger charge is 2.08. The molecule has 0 saturated carbocycles. The molecule has 0 amide bonds. The zero-order valence-corrected chi connectivity index (χ0v) is 7.82. The van der Waals surface area contributed by atoms with Crippen LogP contribution in [0.15, 0.2) is 0 Å². The Morgan fingerprint density at radius 2 is 2.09 bits per heavy atom. The molecule has 1 rings (SSSR count). The van der Waals surface area contributed by atoms with Crippen LogP contribution in [0.2, 0.25) is 0 Å². The zero-order chi connectivity index (χ0) is 8.10. The van der Waals surface area contributed by atoms with Crippen molar-refractivity contribution < 1.29 is 4.21 Å².